The predicted octanol–water partition coefficient (Wildman–Crippen LogP) is 4.37. The predicted molar refractivity (Wildman–Crippen MR) is 113 cm³/mol. The van der Waals surface area contributed by atoms with Crippen LogP contribution in [0.3, 0.4) is 0 Å². The van der Waals surface area contributed by atoms with Gasteiger partial charge in [-0.05, 0) is 55.8 Å². The van der Waals surface area contributed by atoms with Crippen molar-refractivity contribution in [3.63, 3.8) is 0 Å². The topological polar surface area (TPSA) is 62.2 Å². The zero-order chi connectivity index (χ0) is 20.2. The number of anilines is 2. The zero-order valence-electron chi connectivity index (χ0n) is 16.1. The molecule has 0 aromatic heterocycles. The molecular weight excluding hydrogens is 386 g/mol. The third-order valence-corrected chi connectivity index (χ3v) is 5.39. The van der Waals surface area contributed by atoms with Crippen LogP contribution in [0.2, 0.25) is 5.02 Å². The third kappa shape index (κ3) is 5.14. The molecule has 0 aliphatic carbocycles. The maximum absolute atomic E-state index is 12.5. The lowest BCUT2D eigenvalue weighted by atomic mass is 10.1. The van der Waals surface area contributed by atoms with Gasteiger partial charge in [0.25, 0.3) is 0 Å². The molecule has 0 aliphatic rings. The van der Waals surface area contributed by atoms with Gasteiger partial charge in [0.1, 0.15) is 5.75 Å². The quantitative estimate of drug-likeness (QED) is 0.503. The summed E-state index contributed by atoms with van der Waals surface area (Å²) in [6.07, 6.45) is 2.85. The summed E-state index contributed by atoms with van der Waals surface area (Å²) in [7, 11) is -0.117. The monoisotopic (exact) mass is 409 g/mol. The van der Waals surface area contributed by atoms with Gasteiger partial charge in [0.05, 0.1) is 41.8 Å². The molecule has 0 radical (unpaired) electrons. The Morgan fingerprint density at radius 1 is 1.22 bits per heavy atom. The van der Waals surface area contributed by atoms with Crippen molar-refractivity contribution in [3.8, 4) is 5.75 Å². The lowest BCUT2D eigenvalue weighted by molar-refractivity contribution is 0.415. The summed E-state index contributed by atoms with van der Waals surface area (Å²) in [5, 5.41) is 0.374. The molecule has 2 rings (SSSR count). The van der Waals surface area contributed by atoms with Gasteiger partial charge in [-0.25, -0.2) is 17.7 Å². The Balaban J connectivity index is 2.53. The largest absolute Gasteiger partial charge is 0.497 e. The molecule has 0 atom stereocenters. The first-order valence-corrected chi connectivity index (χ1v) is 10.6. The normalized spacial score (nSPS) is 11.6. The summed E-state index contributed by atoms with van der Waals surface area (Å²) in [5.74, 6) is 0.645. The SMILES string of the molecule is CCN(C)C=Nc1cc(C)c(N(c2ccc(OC)cc2)S(C)(=O)=O)cc1Cl. The van der Waals surface area contributed by atoms with Gasteiger partial charge in [0.2, 0.25) is 10.0 Å². The number of methoxy groups -OCH3 is 1. The second kappa shape index (κ2) is 8.63. The van der Waals surface area contributed by atoms with Crippen LogP contribution in [0.15, 0.2) is 41.4 Å². The fraction of sp³-hybridized carbons (Fsp3) is 0.316. The van der Waals surface area contributed by atoms with Gasteiger partial charge in [-0.3, -0.25) is 0 Å². The molecule has 8 heteroatoms. The first-order chi connectivity index (χ1) is 12.7. The maximum Gasteiger partial charge on any atom is 0.236 e. The molecule has 0 spiro atoms. The number of sulfonamides is 1. The van der Waals surface area contributed by atoms with Gasteiger partial charge in [0, 0.05) is 13.6 Å². The summed E-state index contributed by atoms with van der Waals surface area (Å²) >= 11 is 6.38. The van der Waals surface area contributed by atoms with E-state index in [0.717, 1.165) is 18.4 Å². The Hall–Kier alpha value is -2.25. The number of hydrogen-bond donors (Lipinski definition) is 0. The van der Waals surface area contributed by atoms with Crippen LogP contribution < -0.4 is 9.04 Å². The minimum atomic E-state index is -3.59. The summed E-state index contributed by atoms with van der Waals surface area (Å²) < 4.78 is 31.4. The summed E-state index contributed by atoms with van der Waals surface area (Å²) in [6, 6.07) is 10.2. The maximum atomic E-state index is 12.5. The minimum Gasteiger partial charge on any atom is -0.497 e. The number of benzene rings is 2. The van der Waals surface area contributed by atoms with Crippen LogP contribution in [0.25, 0.3) is 0 Å². The van der Waals surface area contributed by atoms with Crippen LogP contribution in [0.1, 0.15) is 12.5 Å². The van der Waals surface area contributed by atoms with Gasteiger partial charge < -0.3 is 9.64 Å². The van der Waals surface area contributed by atoms with E-state index in [1.165, 1.54) is 4.31 Å². The van der Waals surface area contributed by atoms with E-state index in [1.54, 1.807) is 49.8 Å². The molecule has 27 heavy (non-hydrogen) atoms. The van der Waals surface area contributed by atoms with Gasteiger partial charge >= 0.3 is 0 Å². The molecule has 0 bridgehead atoms. The minimum absolute atomic E-state index is 0.374. The van der Waals surface area contributed by atoms with Crippen LogP contribution in [-0.2, 0) is 10.0 Å². The van der Waals surface area contributed by atoms with Gasteiger partial charge in [-0.2, -0.15) is 0 Å². The fourth-order valence-electron chi connectivity index (χ4n) is 2.44. The van der Waals surface area contributed by atoms with E-state index < -0.39 is 10.0 Å². The Bertz CT molecular complexity index is 928. The standard InChI is InChI=1S/C19H24ClN3O3S/c1-6-22(3)13-21-18-11-14(2)19(12-17(18)20)23(27(5,24)25)15-7-9-16(26-4)10-8-15/h7-13H,6H2,1-5H3. The highest BCUT2D eigenvalue weighted by molar-refractivity contribution is 7.92. The van der Waals surface area contributed by atoms with E-state index in [9.17, 15) is 8.42 Å². The summed E-state index contributed by atoms with van der Waals surface area (Å²) in [4.78, 5) is 6.30. The van der Waals surface area contributed by atoms with Gasteiger partial charge in [-0.1, -0.05) is 11.6 Å². The van der Waals surface area contributed by atoms with Crippen LogP contribution in [-0.4, -0.2) is 46.6 Å². The van der Waals surface area contributed by atoms with Crippen LogP contribution in [0.5, 0.6) is 5.75 Å². The van der Waals surface area contributed by atoms with Crippen molar-refractivity contribution >= 4 is 45.0 Å². The smallest absolute Gasteiger partial charge is 0.236 e. The lowest BCUT2D eigenvalue weighted by Gasteiger charge is -2.25. The Morgan fingerprint density at radius 3 is 2.37 bits per heavy atom. The van der Waals surface area contributed by atoms with Crippen molar-refractivity contribution < 1.29 is 13.2 Å². The summed E-state index contributed by atoms with van der Waals surface area (Å²) in [6.45, 7) is 4.66. The molecule has 0 heterocycles. The average Bonchev–Trinajstić information content (AvgIpc) is 2.62. The number of halogens is 1. The van der Waals surface area contributed by atoms with Crippen molar-refractivity contribution in [2.24, 2.45) is 4.99 Å². The van der Waals surface area contributed by atoms with E-state index in [2.05, 4.69) is 4.99 Å². The van der Waals surface area contributed by atoms with E-state index in [1.807, 2.05) is 25.8 Å². The number of ether oxygens (including phenoxy) is 1. The molecule has 2 aromatic rings. The fourth-order valence-corrected chi connectivity index (χ4v) is 3.71. The van der Waals surface area contributed by atoms with E-state index in [0.29, 0.717) is 27.8 Å². The van der Waals surface area contributed by atoms with E-state index in [4.69, 9.17) is 16.3 Å². The number of rotatable bonds is 7. The van der Waals surface area contributed by atoms with Crippen molar-refractivity contribution in [3.05, 3.63) is 47.0 Å². The van der Waals surface area contributed by atoms with Crippen molar-refractivity contribution in [2.45, 2.75) is 13.8 Å². The second-order valence-corrected chi connectivity index (χ2v) is 8.37. The molecule has 2 aromatic carbocycles. The Morgan fingerprint density at radius 2 is 1.85 bits per heavy atom. The molecule has 0 aliphatic heterocycles. The average molecular weight is 410 g/mol. The molecular formula is C19H24ClN3O3S. The molecule has 6 nitrogen and oxygen atoms in total. The van der Waals surface area contributed by atoms with Crippen molar-refractivity contribution in [1.82, 2.24) is 4.90 Å². The molecule has 0 amide bonds. The van der Waals surface area contributed by atoms with E-state index >= 15 is 0 Å². The van der Waals surface area contributed by atoms with Crippen LogP contribution in [0, 0.1) is 6.92 Å². The number of aryl methyl sites for hydroxylation is 1. The zero-order valence-corrected chi connectivity index (χ0v) is 17.7. The van der Waals surface area contributed by atoms with Gasteiger partial charge in [0.15, 0.2) is 0 Å². The third-order valence-electron chi connectivity index (χ3n) is 4.02. The van der Waals surface area contributed by atoms with Crippen LogP contribution in [0.4, 0.5) is 17.1 Å². The first kappa shape index (κ1) is 21.1. The molecule has 0 saturated heterocycles. The Labute approximate surface area is 166 Å². The lowest BCUT2D eigenvalue weighted by Crippen LogP contribution is -2.25. The van der Waals surface area contributed by atoms with Crippen molar-refractivity contribution in [2.75, 3.05) is 31.3 Å². The van der Waals surface area contributed by atoms with E-state index in [-0.39, 0.29) is 0 Å². The highest BCUT2D eigenvalue weighted by Gasteiger charge is 2.23. The Kier molecular flexibility index (Phi) is 6.73. The molecule has 0 fully saturated rings. The number of hydrogen-bond acceptors (Lipinski definition) is 4. The van der Waals surface area contributed by atoms with Crippen molar-refractivity contribution in [1.29, 1.82) is 0 Å². The van der Waals surface area contributed by atoms with Crippen LogP contribution >= 0.6 is 11.6 Å². The molecule has 0 N–H and O–H groups in total. The number of nitrogens with zero attached hydrogens (tertiary/aromatic N) is 3. The summed E-state index contributed by atoms with van der Waals surface area (Å²) in [5.41, 5.74) is 2.31. The van der Waals surface area contributed by atoms with Gasteiger partial charge in [-0.15, -0.1) is 0 Å². The first-order valence-electron chi connectivity index (χ1n) is 8.36. The molecule has 146 valence electrons. The second-order valence-electron chi connectivity index (χ2n) is 6.13. The molecule has 0 unspecified atom stereocenters. The molecule has 0 saturated carbocycles. The highest BCUT2D eigenvalue weighted by Crippen LogP contribution is 2.38. The highest BCUT2D eigenvalue weighted by atomic mass is 35.5. The number of aliphatic imine (C=N–C) groups is 1.